The Bertz CT molecular complexity index is 713. The Morgan fingerprint density at radius 3 is 2.58 bits per heavy atom. The van der Waals surface area contributed by atoms with Gasteiger partial charge in [0.2, 0.25) is 0 Å². The van der Waals surface area contributed by atoms with Gasteiger partial charge >= 0.3 is 0 Å². The molecular formula is C19H20BrNO3. The number of amides is 1. The molecule has 0 aliphatic carbocycles. The smallest absolute Gasteiger partial charge is 0.258 e. The predicted octanol–water partition coefficient (Wildman–Crippen LogP) is 4.08. The normalized spacial score (nSPS) is 11.6. The molecule has 0 heterocycles. The van der Waals surface area contributed by atoms with Gasteiger partial charge in [-0.15, -0.1) is 0 Å². The molecule has 0 unspecified atom stereocenters. The molecule has 2 aromatic rings. The molecule has 1 N–H and O–H groups in total. The lowest BCUT2D eigenvalue weighted by Gasteiger charge is -2.15. The summed E-state index contributed by atoms with van der Waals surface area (Å²) in [5.74, 6) is 0.158. The van der Waals surface area contributed by atoms with Crippen molar-refractivity contribution in [2.45, 2.75) is 26.3 Å². The van der Waals surface area contributed by atoms with Crippen molar-refractivity contribution in [1.29, 1.82) is 0 Å². The maximum Gasteiger partial charge on any atom is 0.258 e. The lowest BCUT2D eigenvalue weighted by atomic mass is 10.1. The summed E-state index contributed by atoms with van der Waals surface area (Å²) in [6.45, 7) is 3.89. The van der Waals surface area contributed by atoms with Crippen molar-refractivity contribution >= 4 is 28.1 Å². The van der Waals surface area contributed by atoms with Crippen LogP contribution in [0.25, 0.3) is 0 Å². The zero-order chi connectivity index (χ0) is 17.5. The highest BCUT2D eigenvalue weighted by Crippen LogP contribution is 2.21. The molecule has 1 amide bonds. The first kappa shape index (κ1) is 18.2. The Morgan fingerprint density at radius 1 is 1.25 bits per heavy atom. The second-order valence-corrected chi connectivity index (χ2v) is 6.39. The molecule has 0 fully saturated rings. The van der Waals surface area contributed by atoms with E-state index in [9.17, 15) is 9.59 Å². The Labute approximate surface area is 150 Å². The van der Waals surface area contributed by atoms with E-state index in [2.05, 4.69) is 40.3 Å². The Balaban J connectivity index is 1.91. The fraction of sp³-hybridized carbons (Fsp3) is 0.263. The number of halogens is 1. The molecule has 5 heteroatoms. The van der Waals surface area contributed by atoms with Gasteiger partial charge in [0.1, 0.15) is 5.75 Å². The van der Waals surface area contributed by atoms with E-state index in [1.54, 1.807) is 18.2 Å². The highest BCUT2D eigenvalue weighted by Gasteiger charge is 2.11. The molecule has 0 saturated heterocycles. The largest absolute Gasteiger partial charge is 0.483 e. The van der Waals surface area contributed by atoms with E-state index in [1.807, 2.05) is 19.1 Å². The zero-order valence-corrected chi connectivity index (χ0v) is 15.3. The number of aryl methyl sites for hydroxylation is 1. The molecule has 0 bridgehead atoms. The second-order valence-electron chi connectivity index (χ2n) is 5.47. The van der Waals surface area contributed by atoms with Crippen LogP contribution >= 0.6 is 15.9 Å². The van der Waals surface area contributed by atoms with Crippen LogP contribution in [0.5, 0.6) is 5.75 Å². The van der Waals surface area contributed by atoms with Crippen LogP contribution in [0.2, 0.25) is 0 Å². The average molecular weight is 390 g/mol. The van der Waals surface area contributed by atoms with Gasteiger partial charge in [-0.05, 0) is 42.7 Å². The summed E-state index contributed by atoms with van der Waals surface area (Å²) in [5.41, 5.74) is 2.70. The lowest BCUT2D eigenvalue weighted by molar-refractivity contribution is -0.123. The van der Waals surface area contributed by atoms with Crippen LogP contribution in [0, 0.1) is 0 Å². The van der Waals surface area contributed by atoms with Crippen LogP contribution in [0.3, 0.4) is 0 Å². The summed E-state index contributed by atoms with van der Waals surface area (Å²) in [5, 5.41) is 2.89. The first-order valence-corrected chi connectivity index (χ1v) is 8.58. The van der Waals surface area contributed by atoms with E-state index in [0.717, 1.165) is 16.5 Å². The molecule has 0 aliphatic heterocycles. The predicted molar refractivity (Wildman–Crippen MR) is 97.4 cm³/mol. The van der Waals surface area contributed by atoms with Crippen LogP contribution in [0.1, 0.15) is 41.4 Å². The van der Waals surface area contributed by atoms with Gasteiger partial charge in [0.15, 0.2) is 12.9 Å². The van der Waals surface area contributed by atoms with E-state index in [0.29, 0.717) is 17.6 Å². The standard InChI is InChI=1S/C19H20BrNO3/c1-3-14-4-6-15(7-5-14)13(2)21-19(23)12-24-18-9-8-17(20)10-16(18)11-22/h4-11,13H,3,12H2,1-2H3,(H,21,23)/t13-/m1/s1. The Morgan fingerprint density at radius 2 is 1.96 bits per heavy atom. The van der Waals surface area contributed by atoms with Crippen LogP contribution < -0.4 is 10.1 Å². The highest BCUT2D eigenvalue weighted by atomic mass is 79.9. The van der Waals surface area contributed by atoms with E-state index < -0.39 is 0 Å². The van der Waals surface area contributed by atoms with Crippen LogP contribution in [0.15, 0.2) is 46.9 Å². The minimum absolute atomic E-state index is 0.109. The van der Waals surface area contributed by atoms with Crippen molar-refractivity contribution in [1.82, 2.24) is 5.32 Å². The number of carbonyl (C=O) groups is 2. The van der Waals surface area contributed by atoms with Crippen molar-refractivity contribution < 1.29 is 14.3 Å². The molecule has 0 spiro atoms. The molecule has 0 radical (unpaired) electrons. The topological polar surface area (TPSA) is 55.4 Å². The third-order valence-corrected chi connectivity index (χ3v) is 4.22. The number of carbonyl (C=O) groups excluding carboxylic acids is 2. The summed E-state index contributed by atoms with van der Waals surface area (Å²) in [4.78, 5) is 23.1. The van der Waals surface area contributed by atoms with Crippen LogP contribution in [0.4, 0.5) is 0 Å². The van der Waals surface area contributed by atoms with Crippen molar-refractivity contribution in [3.05, 3.63) is 63.6 Å². The first-order valence-electron chi connectivity index (χ1n) is 7.79. The molecule has 0 aliphatic rings. The van der Waals surface area contributed by atoms with Crippen molar-refractivity contribution in [2.24, 2.45) is 0 Å². The third kappa shape index (κ3) is 4.93. The van der Waals surface area contributed by atoms with Crippen molar-refractivity contribution in [3.63, 3.8) is 0 Å². The summed E-state index contributed by atoms with van der Waals surface area (Å²) >= 11 is 3.29. The minimum atomic E-state index is -0.234. The molecule has 2 rings (SSSR count). The van der Waals surface area contributed by atoms with Gasteiger partial charge in [-0.3, -0.25) is 9.59 Å². The highest BCUT2D eigenvalue weighted by molar-refractivity contribution is 9.10. The van der Waals surface area contributed by atoms with Gasteiger partial charge in [0, 0.05) is 4.47 Å². The van der Waals surface area contributed by atoms with Gasteiger partial charge in [-0.25, -0.2) is 0 Å². The average Bonchev–Trinajstić information content (AvgIpc) is 2.60. The van der Waals surface area contributed by atoms with Gasteiger partial charge in [-0.1, -0.05) is 47.1 Å². The maximum absolute atomic E-state index is 12.1. The molecule has 0 saturated carbocycles. The summed E-state index contributed by atoms with van der Waals surface area (Å²) in [6.07, 6.45) is 1.69. The molecule has 0 aromatic heterocycles. The number of aldehydes is 1. The lowest BCUT2D eigenvalue weighted by Crippen LogP contribution is -2.31. The number of rotatable bonds is 7. The van der Waals surface area contributed by atoms with Crippen molar-refractivity contribution in [2.75, 3.05) is 6.61 Å². The minimum Gasteiger partial charge on any atom is -0.483 e. The number of benzene rings is 2. The van der Waals surface area contributed by atoms with Gasteiger partial charge in [0.25, 0.3) is 5.91 Å². The van der Waals surface area contributed by atoms with Gasteiger partial charge in [-0.2, -0.15) is 0 Å². The zero-order valence-electron chi connectivity index (χ0n) is 13.7. The molecule has 126 valence electrons. The van der Waals surface area contributed by atoms with Crippen LogP contribution in [-0.2, 0) is 11.2 Å². The molecule has 24 heavy (non-hydrogen) atoms. The van der Waals surface area contributed by atoms with Gasteiger partial charge < -0.3 is 10.1 Å². The van der Waals surface area contributed by atoms with Crippen LogP contribution in [-0.4, -0.2) is 18.8 Å². The first-order chi connectivity index (χ1) is 11.5. The Hall–Kier alpha value is -2.14. The van der Waals surface area contributed by atoms with E-state index in [1.165, 1.54) is 5.56 Å². The fourth-order valence-electron chi connectivity index (χ4n) is 2.29. The van der Waals surface area contributed by atoms with E-state index in [-0.39, 0.29) is 18.6 Å². The number of nitrogens with one attached hydrogen (secondary N) is 1. The molecular weight excluding hydrogens is 370 g/mol. The Kier molecular flexibility index (Phi) is 6.55. The maximum atomic E-state index is 12.1. The summed E-state index contributed by atoms with van der Waals surface area (Å²) < 4.78 is 6.24. The second kappa shape index (κ2) is 8.64. The molecule has 1 atom stereocenters. The quantitative estimate of drug-likeness (QED) is 0.725. The monoisotopic (exact) mass is 389 g/mol. The van der Waals surface area contributed by atoms with Crippen molar-refractivity contribution in [3.8, 4) is 5.75 Å². The number of hydrogen-bond acceptors (Lipinski definition) is 3. The van der Waals surface area contributed by atoms with E-state index >= 15 is 0 Å². The molecule has 4 nitrogen and oxygen atoms in total. The number of ether oxygens (including phenoxy) is 1. The number of hydrogen-bond donors (Lipinski definition) is 1. The SMILES string of the molecule is CCc1ccc([C@@H](C)NC(=O)COc2ccc(Br)cc2C=O)cc1. The third-order valence-electron chi connectivity index (χ3n) is 3.72. The summed E-state index contributed by atoms with van der Waals surface area (Å²) in [6, 6.07) is 13.1. The van der Waals surface area contributed by atoms with Gasteiger partial charge in [0.05, 0.1) is 11.6 Å². The van der Waals surface area contributed by atoms with E-state index in [4.69, 9.17) is 4.74 Å². The fourth-order valence-corrected chi connectivity index (χ4v) is 2.67. The summed E-state index contributed by atoms with van der Waals surface area (Å²) in [7, 11) is 0. The molecule has 2 aromatic carbocycles.